The molecule has 1 heterocycles. The summed E-state index contributed by atoms with van der Waals surface area (Å²) >= 11 is 0. The summed E-state index contributed by atoms with van der Waals surface area (Å²) in [6.45, 7) is 4.45. The van der Waals surface area contributed by atoms with Gasteiger partial charge in [-0.15, -0.1) is 0 Å². The zero-order valence-corrected chi connectivity index (χ0v) is 10.7. The molecule has 0 saturated heterocycles. The van der Waals surface area contributed by atoms with E-state index in [2.05, 4.69) is 26.0 Å². The van der Waals surface area contributed by atoms with Crippen molar-refractivity contribution in [3.63, 3.8) is 0 Å². The summed E-state index contributed by atoms with van der Waals surface area (Å²) in [4.78, 5) is 9.48. The molecule has 0 fully saturated rings. The maximum Gasteiger partial charge on any atom is 0.0929 e. The third-order valence-corrected chi connectivity index (χ3v) is 3.54. The quantitative estimate of drug-likeness (QED) is 0.620. The Hall–Kier alpha value is -1.96. The van der Waals surface area contributed by atoms with Gasteiger partial charge < -0.3 is 0 Å². The summed E-state index contributed by atoms with van der Waals surface area (Å²) in [5.41, 5.74) is 5.28. The first-order chi connectivity index (χ1) is 8.79. The lowest BCUT2D eigenvalue weighted by Crippen LogP contribution is -1.96. The lowest BCUT2D eigenvalue weighted by molar-refractivity contribution is 0.738. The fraction of sp³-hybridized carbons (Fsp3) is 0.250. The van der Waals surface area contributed by atoms with E-state index < -0.39 is 0 Å². The second-order valence-electron chi connectivity index (χ2n) is 4.74. The maximum atomic E-state index is 4.78. The van der Waals surface area contributed by atoms with E-state index in [0.717, 1.165) is 28.5 Å². The molecular weight excluding hydrogens is 220 g/mol. The molecule has 1 unspecified atom stereocenters. The topological polar surface area (TPSA) is 25.8 Å². The molecule has 90 valence electrons. The van der Waals surface area contributed by atoms with E-state index in [0.29, 0.717) is 5.92 Å². The molecule has 0 amide bonds. The first kappa shape index (κ1) is 11.1. The lowest BCUT2D eigenvalue weighted by atomic mass is 9.97. The molecule has 2 aromatic carbocycles. The van der Waals surface area contributed by atoms with Crippen molar-refractivity contribution in [3.05, 3.63) is 48.0 Å². The number of para-hydroxylation sites is 3. The zero-order valence-electron chi connectivity index (χ0n) is 10.7. The molecule has 2 heteroatoms. The molecule has 1 aromatic heterocycles. The maximum absolute atomic E-state index is 4.78. The van der Waals surface area contributed by atoms with E-state index in [4.69, 9.17) is 9.97 Å². The van der Waals surface area contributed by atoms with Gasteiger partial charge in [-0.2, -0.15) is 0 Å². The molecule has 2 nitrogen and oxygen atoms in total. The van der Waals surface area contributed by atoms with Gasteiger partial charge >= 0.3 is 0 Å². The van der Waals surface area contributed by atoms with Gasteiger partial charge in [0.2, 0.25) is 0 Å². The van der Waals surface area contributed by atoms with Crippen LogP contribution in [0.3, 0.4) is 0 Å². The highest BCUT2D eigenvalue weighted by atomic mass is 14.8. The van der Waals surface area contributed by atoms with E-state index in [1.54, 1.807) is 0 Å². The van der Waals surface area contributed by atoms with Gasteiger partial charge in [0, 0.05) is 0 Å². The Balaban J connectivity index is 2.36. The number of hydrogen-bond donors (Lipinski definition) is 0. The van der Waals surface area contributed by atoms with Crippen LogP contribution in [0.15, 0.2) is 42.5 Å². The van der Waals surface area contributed by atoms with Crippen molar-refractivity contribution in [2.75, 3.05) is 0 Å². The van der Waals surface area contributed by atoms with Crippen LogP contribution in [-0.4, -0.2) is 9.97 Å². The number of nitrogens with zero attached hydrogens (tertiary/aromatic N) is 2. The molecule has 3 aromatic rings. The van der Waals surface area contributed by atoms with Gasteiger partial charge in [-0.3, -0.25) is 0 Å². The van der Waals surface area contributed by atoms with Crippen LogP contribution in [0.5, 0.6) is 0 Å². The highest BCUT2D eigenvalue weighted by Crippen LogP contribution is 2.26. The summed E-state index contributed by atoms with van der Waals surface area (Å²) in [5.74, 6) is 0.518. The Morgan fingerprint density at radius 2 is 1.56 bits per heavy atom. The van der Waals surface area contributed by atoms with Gasteiger partial charge in [0.1, 0.15) is 0 Å². The Morgan fingerprint density at radius 3 is 2.28 bits per heavy atom. The molecule has 0 radical (unpaired) electrons. The number of rotatable bonds is 2. The molecule has 0 bridgehead atoms. The predicted molar refractivity (Wildman–Crippen MR) is 75.8 cm³/mol. The molecule has 18 heavy (non-hydrogen) atoms. The molecular formula is C16H16N2. The standard InChI is InChI=1S/C16H16N2/c1-3-11(2)12-7-6-10-15-16(12)18-14-9-5-4-8-13(14)17-15/h4-11H,3H2,1-2H3. The fourth-order valence-electron chi connectivity index (χ4n) is 2.28. The number of hydrogen-bond acceptors (Lipinski definition) is 2. The van der Waals surface area contributed by atoms with Crippen LogP contribution in [0.25, 0.3) is 22.1 Å². The summed E-state index contributed by atoms with van der Waals surface area (Å²) in [7, 11) is 0. The van der Waals surface area contributed by atoms with Crippen LogP contribution in [0, 0.1) is 0 Å². The summed E-state index contributed by atoms with van der Waals surface area (Å²) in [5, 5.41) is 0. The molecule has 0 N–H and O–H groups in total. The van der Waals surface area contributed by atoms with E-state index in [1.807, 2.05) is 30.3 Å². The van der Waals surface area contributed by atoms with Crippen molar-refractivity contribution in [2.45, 2.75) is 26.2 Å². The molecule has 0 saturated carbocycles. The largest absolute Gasteiger partial charge is 0.244 e. The highest BCUT2D eigenvalue weighted by molar-refractivity contribution is 5.88. The minimum Gasteiger partial charge on any atom is -0.244 e. The van der Waals surface area contributed by atoms with Gasteiger partial charge in [-0.05, 0) is 36.1 Å². The SMILES string of the molecule is CCC(C)c1cccc2nc3ccccc3nc12. The zero-order chi connectivity index (χ0) is 12.5. The monoisotopic (exact) mass is 236 g/mol. The number of benzene rings is 2. The summed E-state index contributed by atoms with van der Waals surface area (Å²) in [6, 6.07) is 14.3. The van der Waals surface area contributed by atoms with Crippen molar-refractivity contribution in [2.24, 2.45) is 0 Å². The van der Waals surface area contributed by atoms with Gasteiger partial charge in [0.25, 0.3) is 0 Å². The second kappa shape index (κ2) is 4.37. The fourth-order valence-corrected chi connectivity index (χ4v) is 2.28. The highest BCUT2D eigenvalue weighted by Gasteiger charge is 2.10. The van der Waals surface area contributed by atoms with E-state index in [-0.39, 0.29) is 0 Å². The van der Waals surface area contributed by atoms with Crippen LogP contribution >= 0.6 is 0 Å². The van der Waals surface area contributed by atoms with E-state index >= 15 is 0 Å². The summed E-state index contributed by atoms with van der Waals surface area (Å²) in [6.07, 6.45) is 1.12. The molecule has 0 spiro atoms. The molecule has 3 rings (SSSR count). The Labute approximate surface area is 107 Å². The van der Waals surface area contributed by atoms with Gasteiger partial charge in [-0.1, -0.05) is 38.1 Å². The van der Waals surface area contributed by atoms with Crippen molar-refractivity contribution in [3.8, 4) is 0 Å². The third kappa shape index (κ3) is 1.74. The van der Waals surface area contributed by atoms with Gasteiger partial charge in [0.15, 0.2) is 0 Å². The Morgan fingerprint density at radius 1 is 0.889 bits per heavy atom. The summed E-state index contributed by atoms with van der Waals surface area (Å²) < 4.78 is 0. The smallest absolute Gasteiger partial charge is 0.0929 e. The number of fused-ring (bicyclic) bond motifs is 2. The molecule has 0 aliphatic rings. The van der Waals surface area contributed by atoms with E-state index in [9.17, 15) is 0 Å². The van der Waals surface area contributed by atoms with Crippen LogP contribution in [-0.2, 0) is 0 Å². The first-order valence-electron chi connectivity index (χ1n) is 6.45. The normalized spacial score (nSPS) is 13.0. The van der Waals surface area contributed by atoms with Crippen molar-refractivity contribution < 1.29 is 0 Å². The van der Waals surface area contributed by atoms with Crippen molar-refractivity contribution >= 4 is 22.1 Å². The first-order valence-corrected chi connectivity index (χ1v) is 6.45. The van der Waals surface area contributed by atoms with Crippen molar-refractivity contribution in [1.82, 2.24) is 9.97 Å². The second-order valence-corrected chi connectivity index (χ2v) is 4.74. The average Bonchev–Trinajstić information content (AvgIpc) is 2.43. The van der Waals surface area contributed by atoms with Crippen molar-refractivity contribution in [1.29, 1.82) is 0 Å². The Kier molecular flexibility index (Phi) is 2.71. The minimum absolute atomic E-state index is 0.518. The lowest BCUT2D eigenvalue weighted by Gasteiger charge is -2.11. The average molecular weight is 236 g/mol. The van der Waals surface area contributed by atoms with Crippen LogP contribution in [0.2, 0.25) is 0 Å². The van der Waals surface area contributed by atoms with Crippen LogP contribution in [0.4, 0.5) is 0 Å². The van der Waals surface area contributed by atoms with Crippen LogP contribution < -0.4 is 0 Å². The molecule has 1 atom stereocenters. The minimum atomic E-state index is 0.518. The van der Waals surface area contributed by atoms with E-state index in [1.165, 1.54) is 5.56 Å². The molecule has 0 aliphatic carbocycles. The van der Waals surface area contributed by atoms with Gasteiger partial charge in [-0.25, -0.2) is 9.97 Å². The van der Waals surface area contributed by atoms with Crippen LogP contribution in [0.1, 0.15) is 31.7 Å². The predicted octanol–water partition coefficient (Wildman–Crippen LogP) is 4.30. The number of aromatic nitrogens is 2. The Bertz CT molecular complexity index is 704. The molecule has 0 aliphatic heterocycles. The third-order valence-electron chi connectivity index (χ3n) is 3.54. The van der Waals surface area contributed by atoms with Gasteiger partial charge in [0.05, 0.1) is 22.1 Å².